The summed E-state index contributed by atoms with van der Waals surface area (Å²) >= 11 is 1.53. The molecule has 5 heteroatoms. The molecular weight excluding hydrogens is 294 g/mol. The standard InChI is InChI=1S/C15H21NO2S.ClH/c17-15(13-19-14-7-3-1-4-8-14)18-12-11-16-9-5-2-6-10-16;/h1,3-4,7-8H,2,5-6,9-13H2;1H. The molecule has 1 aliphatic heterocycles. The lowest BCUT2D eigenvalue weighted by molar-refractivity contribution is -0.140. The maximum atomic E-state index is 11.6. The van der Waals surface area contributed by atoms with Crippen LogP contribution < -0.4 is 0 Å². The molecular formula is C15H22ClNO2S. The Bertz CT molecular complexity index is 383. The van der Waals surface area contributed by atoms with Crippen molar-refractivity contribution in [3.8, 4) is 0 Å². The smallest absolute Gasteiger partial charge is 0.316 e. The number of hydrogen-bond acceptors (Lipinski definition) is 4. The summed E-state index contributed by atoms with van der Waals surface area (Å²) in [7, 11) is 0. The summed E-state index contributed by atoms with van der Waals surface area (Å²) in [5, 5.41) is 0. The van der Waals surface area contributed by atoms with E-state index in [0.717, 1.165) is 24.5 Å². The lowest BCUT2D eigenvalue weighted by atomic mass is 10.1. The summed E-state index contributed by atoms with van der Waals surface area (Å²) in [6.07, 6.45) is 3.89. The Labute approximate surface area is 131 Å². The van der Waals surface area contributed by atoms with Crippen LogP contribution in [0.2, 0.25) is 0 Å². The maximum absolute atomic E-state index is 11.6. The van der Waals surface area contributed by atoms with Crippen LogP contribution in [-0.2, 0) is 9.53 Å². The Hall–Kier alpha value is -0.710. The van der Waals surface area contributed by atoms with Crippen LogP contribution in [0.1, 0.15) is 19.3 Å². The maximum Gasteiger partial charge on any atom is 0.316 e. The van der Waals surface area contributed by atoms with E-state index in [1.54, 1.807) is 0 Å². The fourth-order valence-corrected chi connectivity index (χ4v) is 2.89. The van der Waals surface area contributed by atoms with Crippen LogP contribution in [0, 0.1) is 0 Å². The first kappa shape index (κ1) is 17.3. The third kappa shape index (κ3) is 6.64. The van der Waals surface area contributed by atoms with Gasteiger partial charge in [0.1, 0.15) is 6.61 Å². The summed E-state index contributed by atoms with van der Waals surface area (Å²) in [5.74, 6) is 0.273. The Balaban J connectivity index is 0.00000200. The highest BCUT2D eigenvalue weighted by Gasteiger charge is 2.10. The molecule has 0 saturated carbocycles. The first-order valence-corrected chi connectivity index (χ1v) is 7.89. The number of ether oxygens (including phenoxy) is 1. The van der Waals surface area contributed by atoms with Gasteiger partial charge in [0.2, 0.25) is 0 Å². The summed E-state index contributed by atoms with van der Waals surface area (Å²) < 4.78 is 5.27. The number of nitrogens with zero attached hydrogens (tertiary/aromatic N) is 1. The molecule has 20 heavy (non-hydrogen) atoms. The van der Waals surface area contributed by atoms with E-state index in [9.17, 15) is 4.79 Å². The van der Waals surface area contributed by atoms with Crippen molar-refractivity contribution in [1.29, 1.82) is 0 Å². The van der Waals surface area contributed by atoms with Crippen molar-refractivity contribution in [3.63, 3.8) is 0 Å². The normalized spacial score (nSPS) is 15.4. The van der Waals surface area contributed by atoms with E-state index in [2.05, 4.69) is 4.90 Å². The van der Waals surface area contributed by atoms with Gasteiger partial charge in [-0.25, -0.2) is 0 Å². The van der Waals surface area contributed by atoms with Gasteiger partial charge < -0.3 is 4.74 Å². The van der Waals surface area contributed by atoms with Crippen LogP contribution in [0.3, 0.4) is 0 Å². The third-order valence-corrected chi connectivity index (χ3v) is 4.20. The highest BCUT2D eigenvalue weighted by Crippen LogP contribution is 2.16. The molecule has 0 radical (unpaired) electrons. The molecule has 1 aromatic rings. The second-order valence-corrected chi connectivity index (χ2v) is 5.77. The van der Waals surface area contributed by atoms with Gasteiger partial charge in [0.15, 0.2) is 0 Å². The van der Waals surface area contributed by atoms with E-state index < -0.39 is 0 Å². The number of carbonyl (C=O) groups is 1. The SMILES string of the molecule is Cl.O=C(CSc1ccccc1)OCCN1CCCCC1. The zero-order valence-electron chi connectivity index (χ0n) is 11.6. The Morgan fingerprint density at radius 2 is 1.85 bits per heavy atom. The zero-order chi connectivity index (χ0) is 13.3. The van der Waals surface area contributed by atoms with Crippen LogP contribution in [0.5, 0.6) is 0 Å². The molecule has 0 spiro atoms. The van der Waals surface area contributed by atoms with E-state index in [1.165, 1.54) is 31.0 Å². The predicted octanol–water partition coefficient (Wildman–Crippen LogP) is 3.23. The number of thioether (sulfide) groups is 1. The number of carbonyl (C=O) groups excluding carboxylic acids is 1. The molecule has 0 unspecified atom stereocenters. The molecule has 3 nitrogen and oxygen atoms in total. The molecule has 1 aromatic carbocycles. The summed E-state index contributed by atoms with van der Waals surface area (Å²) in [6.45, 7) is 3.70. The molecule has 0 amide bonds. The van der Waals surface area contributed by atoms with Gasteiger partial charge in [-0.1, -0.05) is 24.6 Å². The van der Waals surface area contributed by atoms with E-state index in [0.29, 0.717) is 12.4 Å². The fourth-order valence-electron chi connectivity index (χ4n) is 2.17. The number of piperidine rings is 1. The molecule has 0 aliphatic carbocycles. The molecule has 0 atom stereocenters. The van der Waals surface area contributed by atoms with Crippen molar-refractivity contribution in [3.05, 3.63) is 30.3 Å². The van der Waals surface area contributed by atoms with E-state index in [4.69, 9.17) is 4.74 Å². The van der Waals surface area contributed by atoms with Crippen LogP contribution in [0.15, 0.2) is 35.2 Å². The fraction of sp³-hybridized carbons (Fsp3) is 0.533. The van der Waals surface area contributed by atoms with Crippen LogP contribution in [0.25, 0.3) is 0 Å². The molecule has 1 fully saturated rings. The minimum atomic E-state index is -0.120. The zero-order valence-corrected chi connectivity index (χ0v) is 13.3. The first-order chi connectivity index (χ1) is 9.34. The minimum Gasteiger partial charge on any atom is -0.464 e. The second-order valence-electron chi connectivity index (χ2n) is 4.72. The molecule has 1 heterocycles. The van der Waals surface area contributed by atoms with Crippen molar-refractivity contribution >= 4 is 30.1 Å². The van der Waals surface area contributed by atoms with Gasteiger partial charge in [-0.2, -0.15) is 0 Å². The summed E-state index contributed by atoms with van der Waals surface area (Å²) in [5.41, 5.74) is 0. The molecule has 0 aromatic heterocycles. The first-order valence-electron chi connectivity index (χ1n) is 6.90. The van der Waals surface area contributed by atoms with E-state index >= 15 is 0 Å². The number of esters is 1. The van der Waals surface area contributed by atoms with E-state index in [-0.39, 0.29) is 18.4 Å². The number of hydrogen-bond donors (Lipinski definition) is 0. The average molecular weight is 316 g/mol. The number of halogens is 1. The Morgan fingerprint density at radius 1 is 1.15 bits per heavy atom. The highest BCUT2D eigenvalue weighted by atomic mass is 35.5. The van der Waals surface area contributed by atoms with Gasteiger partial charge >= 0.3 is 5.97 Å². The summed E-state index contributed by atoms with van der Waals surface area (Å²) in [6, 6.07) is 9.94. The van der Waals surface area contributed by atoms with E-state index in [1.807, 2.05) is 30.3 Å². The van der Waals surface area contributed by atoms with Gasteiger partial charge in [-0.15, -0.1) is 24.2 Å². The van der Waals surface area contributed by atoms with Crippen LogP contribution in [0.4, 0.5) is 0 Å². The van der Waals surface area contributed by atoms with Crippen LogP contribution in [-0.4, -0.2) is 42.9 Å². The number of rotatable bonds is 6. The molecule has 0 bridgehead atoms. The molecule has 1 saturated heterocycles. The van der Waals surface area contributed by atoms with Crippen molar-refractivity contribution in [1.82, 2.24) is 4.90 Å². The molecule has 0 N–H and O–H groups in total. The van der Waals surface area contributed by atoms with Crippen LogP contribution >= 0.6 is 24.2 Å². The molecule has 1 aliphatic rings. The molecule has 112 valence electrons. The minimum absolute atomic E-state index is 0. The monoisotopic (exact) mass is 315 g/mol. The van der Waals surface area contributed by atoms with Gasteiger partial charge in [0.25, 0.3) is 0 Å². The largest absolute Gasteiger partial charge is 0.464 e. The average Bonchev–Trinajstić information content (AvgIpc) is 2.47. The van der Waals surface area contributed by atoms with Crippen molar-refractivity contribution < 1.29 is 9.53 Å². The van der Waals surface area contributed by atoms with Gasteiger partial charge in [-0.05, 0) is 38.1 Å². The topological polar surface area (TPSA) is 29.5 Å². The lowest BCUT2D eigenvalue weighted by Crippen LogP contribution is -2.33. The molecule has 2 rings (SSSR count). The van der Waals surface area contributed by atoms with Gasteiger partial charge in [0, 0.05) is 11.4 Å². The Morgan fingerprint density at radius 3 is 2.55 bits per heavy atom. The third-order valence-electron chi connectivity index (χ3n) is 3.22. The Kier molecular flexibility index (Phi) is 8.74. The number of likely N-dealkylation sites (tertiary alicyclic amines) is 1. The van der Waals surface area contributed by atoms with Gasteiger partial charge in [0.05, 0.1) is 5.75 Å². The summed E-state index contributed by atoms with van der Waals surface area (Å²) in [4.78, 5) is 15.1. The van der Waals surface area contributed by atoms with Crippen molar-refractivity contribution in [2.75, 3.05) is 32.0 Å². The quantitative estimate of drug-likeness (QED) is 0.595. The lowest BCUT2D eigenvalue weighted by Gasteiger charge is -2.25. The van der Waals surface area contributed by atoms with Gasteiger partial charge in [-0.3, -0.25) is 9.69 Å². The second kappa shape index (κ2) is 10.1. The predicted molar refractivity (Wildman–Crippen MR) is 85.7 cm³/mol. The number of benzene rings is 1. The van der Waals surface area contributed by atoms with Crippen molar-refractivity contribution in [2.45, 2.75) is 24.2 Å². The van der Waals surface area contributed by atoms with Crippen molar-refractivity contribution in [2.24, 2.45) is 0 Å². The highest BCUT2D eigenvalue weighted by molar-refractivity contribution is 8.00.